The largest absolute Gasteiger partial charge is 0.338 e. The van der Waals surface area contributed by atoms with E-state index in [2.05, 4.69) is 26.8 Å². The Hall–Kier alpha value is -1.86. The maximum atomic E-state index is 13.0. The lowest BCUT2D eigenvalue weighted by Gasteiger charge is -2.36. The molecule has 7 heteroatoms. The maximum Gasteiger partial charge on any atom is 0.265 e. The number of hydrogen-bond donors (Lipinski definition) is 0. The highest BCUT2D eigenvalue weighted by atomic mass is 32.1. The van der Waals surface area contributed by atoms with Crippen molar-refractivity contribution in [3.63, 3.8) is 0 Å². The van der Waals surface area contributed by atoms with Gasteiger partial charge in [0.15, 0.2) is 10.8 Å². The van der Waals surface area contributed by atoms with Crippen LogP contribution in [0.1, 0.15) is 41.6 Å². The fourth-order valence-corrected chi connectivity index (χ4v) is 4.27. The molecular weight excluding hydrogens is 334 g/mol. The summed E-state index contributed by atoms with van der Waals surface area (Å²) in [6.45, 7) is 7.39. The summed E-state index contributed by atoms with van der Waals surface area (Å²) in [5, 5.41) is 0.701. The summed E-state index contributed by atoms with van der Waals surface area (Å²) in [5.74, 6) is 0.635. The van der Waals surface area contributed by atoms with Gasteiger partial charge in [-0.25, -0.2) is 15.0 Å². The van der Waals surface area contributed by atoms with Crippen LogP contribution in [-0.2, 0) is 0 Å². The van der Waals surface area contributed by atoms with Gasteiger partial charge in [0.25, 0.3) is 5.91 Å². The quantitative estimate of drug-likeness (QED) is 0.821. The number of piperidine rings is 1. The van der Waals surface area contributed by atoms with Crippen molar-refractivity contribution in [3.8, 4) is 10.8 Å². The standard InChI is InChI=1S/C18H25N5OS/c1-4-10-23-11-6-14(7-12-23)22(3)18(24)15-13(2)21-17(25-15)16-19-8-5-9-20-16/h5,8-9,14H,4,6-7,10-12H2,1-3H3. The van der Waals surface area contributed by atoms with Crippen LogP contribution in [0.15, 0.2) is 18.5 Å². The van der Waals surface area contributed by atoms with E-state index >= 15 is 0 Å². The molecule has 1 amide bonds. The highest BCUT2D eigenvalue weighted by Gasteiger charge is 2.28. The fraction of sp³-hybridized carbons (Fsp3) is 0.556. The third-order valence-corrected chi connectivity index (χ3v) is 5.85. The molecule has 1 fully saturated rings. The van der Waals surface area contributed by atoms with Gasteiger partial charge in [0.1, 0.15) is 4.88 Å². The monoisotopic (exact) mass is 359 g/mol. The minimum Gasteiger partial charge on any atom is -0.338 e. The van der Waals surface area contributed by atoms with E-state index in [-0.39, 0.29) is 5.91 Å². The number of nitrogens with zero attached hydrogens (tertiary/aromatic N) is 5. The summed E-state index contributed by atoms with van der Waals surface area (Å²) in [6.07, 6.45) is 6.64. The van der Waals surface area contributed by atoms with Crippen LogP contribution in [-0.4, -0.2) is 63.4 Å². The summed E-state index contributed by atoms with van der Waals surface area (Å²) < 4.78 is 0. The Morgan fingerprint density at radius 1 is 1.32 bits per heavy atom. The van der Waals surface area contributed by atoms with Gasteiger partial charge in [0, 0.05) is 38.6 Å². The molecule has 2 aromatic heterocycles. The number of carbonyl (C=O) groups is 1. The molecule has 134 valence electrons. The first kappa shape index (κ1) is 17.9. The summed E-state index contributed by atoms with van der Waals surface area (Å²) in [6, 6.07) is 2.08. The van der Waals surface area contributed by atoms with E-state index in [1.165, 1.54) is 17.8 Å². The highest BCUT2D eigenvalue weighted by Crippen LogP contribution is 2.27. The van der Waals surface area contributed by atoms with Gasteiger partial charge < -0.3 is 9.80 Å². The number of hydrogen-bond acceptors (Lipinski definition) is 6. The van der Waals surface area contributed by atoms with Crippen LogP contribution >= 0.6 is 11.3 Å². The van der Waals surface area contributed by atoms with Crippen LogP contribution in [0.5, 0.6) is 0 Å². The Kier molecular flexibility index (Phi) is 5.75. The Bertz CT molecular complexity index is 710. The second-order valence-electron chi connectivity index (χ2n) is 6.49. The minimum atomic E-state index is 0.0612. The Balaban J connectivity index is 1.70. The van der Waals surface area contributed by atoms with Crippen LogP contribution in [0.25, 0.3) is 10.8 Å². The lowest BCUT2D eigenvalue weighted by Crippen LogP contribution is -2.45. The smallest absolute Gasteiger partial charge is 0.265 e. The van der Waals surface area contributed by atoms with Crippen LogP contribution in [0.2, 0.25) is 0 Å². The predicted octanol–water partition coefficient (Wildman–Crippen LogP) is 2.85. The first-order chi connectivity index (χ1) is 12.1. The number of aryl methyl sites for hydroxylation is 1. The van der Waals surface area contributed by atoms with E-state index in [0.29, 0.717) is 21.8 Å². The first-order valence-electron chi connectivity index (χ1n) is 8.84. The summed E-state index contributed by atoms with van der Waals surface area (Å²) in [7, 11) is 1.92. The van der Waals surface area contributed by atoms with Crippen LogP contribution in [0, 0.1) is 6.92 Å². The Morgan fingerprint density at radius 3 is 2.64 bits per heavy atom. The predicted molar refractivity (Wildman–Crippen MR) is 99.7 cm³/mol. The molecule has 0 spiro atoms. The van der Waals surface area contributed by atoms with E-state index < -0.39 is 0 Å². The van der Waals surface area contributed by atoms with Crippen molar-refractivity contribution in [3.05, 3.63) is 29.0 Å². The molecule has 0 unspecified atom stereocenters. The zero-order valence-electron chi connectivity index (χ0n) is 15.1. The van der Waals surface area contributed by atoms with Gasteiger partial charge >= 0.3 is 0 Å². The molecule has 1 aliphatic heterocycles. The van der Waals surface area contributed by atoms with Gasteiger partial charge in [-0.2, -0.15) is 0 Å². The van der Waals surface area contributed by atoms with Gasteiger partial charge in [-0.3, -0.25) is 4.79 Å². The van der Waals surface area contributed by atoms with E-state index in [1.54, 1.807) is 18.5 Å². The molecule has 0 aromatic carbocycles. The molecule has 3 heterocycles. The van der Waals surface area contributed by atoms with E-state index in [4.69, 9.17) is 0 Å². The van der Waals surface area contributed by atoms with Crippen LogP contribution in [0.4, 0.5) is 0 Å². The zero-order chi connectivity index (χ0) is 17.8. The van der Waals surface area contributed by atoms with Crippen molar-refractivity contribution in [1.29, 1.82) is 0 Å². The summed E-state index contributed by atoms with van der Waals surface area (Å²) in [4.78, 5) is 31.0. The van der Waals surface area contributed by atoms with Crippen molar-refractivity contribution in [2.24, 2.45) is 0 Å². The van der Waals surface area contributed by atoms with Crippen molar-refractivity contribution >= 4 is 17.2 Å². The van der Waals surface area contributed by atoms with Gasteiger partial charge in [0.2, 0.25) is 0 Å². The number of carbonyl (C=O) groups excluding carboxylic acids is 1. The van der Waals surface area contributed by atoms with E-state index in [9.17, 15) is 4.79 Å². The van der Waals surface area contributed by atoms with E-state index in [1.807, 2.05) is 18.9 Å². The number of thiazole rings is 1. The number of amides is 1. The third-order valence-electron chi connectivity index (χ3n) is 4.71. The molecular formula is C18H25N5OS. The Labute approximate surface area is 152 Å². The topological polar surface area (TPSA) is 62.2 Å². The number of aromatic nitrogens is 3. The van der Waals surface area contributed by atoms with Gasteiger partial charge in [-0.1, -0.05) is 6.92 Å². The number of likely N-dealkylation sites (tertiary alicyclic amines) is 1. The highest BCUT2D eigenvalue weighted by molar-refractivity contribution is 7.17. The average molecular weight is 359 g/mol. The Morgan fingerprint density at radius 2 is 2.00 bits per heavy atom. The summed E-state index contributed by atoms with van der Waals surface area (Å²) >= 11 is 1.38. The second kappa shape index (κ2) is 8.01. The molecule has 25 heavy (non-hydrogen) atoms. The van der Waals surface area contributed by atoms with Crippen LogP contribution in [0.3, 0.4) is 0 Å². The molecule has 1 saturated heterocycles. The fourth-order valence-electron chi connectivity index (χ4n) is 3.27. The minimum absolute atomic E-state index is 0.0612. The lowest BCUT2D eigenvalue weighted by atomic mass is 10.0. The van der Waals surface area contributed by atoms with Crippen LogP contribution < -0.4 is 0 Å². The summed E-state index contributed by atoms with van der Waals surface area (Å²) in [5.41, 5.74) is 0.757. The normalized spacial score (nSPS) is 16.1. The molecule has 0 radical (unpaired) electrons. The molecule has 1 aliphatic rings. The second-order valence-corrected chi connectivity index (χ2v) is 7.49. The van der Waals surface area contributed by atoms with Gasteiger partial charge in [-0.05, 0) is 38.8 Å². The zero-order valence-corrected chi connectivity index (χ0v) is 15.9. The molecule has 0 bridgehead atoms. The lowest BCUT2D eigenvalue weighted by molar-refractivity contribution is 0.0646. The number of rotatable bonds is 5. The van der Waals surface area contributed by atoms with Crippen molar-refractivity contribution in [1.82, 2.24) is 24.8 Å². The average Bonchev–Trinajstić information content (AvgIpc) is 3.04. The molecule has 0 saturated carbocycles. The third kappa shape index (κ3) is 4.04. The van der Waals surface area contributed by atoms with Gasteiger partial charge in [-0.15, -0.1) is 11.3 Å². The molecule has 0 N–H and O–H groups in total. The molecule has 3 rings (SSSR count). The van der Waals surface area contributed by atoms with E-state index in [0.717, 1.165) is 38.2 Å². The molecule has 2 aromatic rings. The maximum absolute atomic E-state index is 13.0. The van der Waals surface area contributed by atoms with Crippen molar-refractivity contribution in [2.45, 2.75) is 39.2 Å². The molecule has 6 nitrogen and oxygen atoms in total. The molecule has 0 atom stereocenters. The molecule has 0 aliphatic carbocycles. The first-order valence-corrected chi connectivity index (χ1v) is 9.66. The van der Waals surface area contributed by atoms with Crippen molar-refractivity contribution in [2.75, 3.05) is 26.7 Å². The SMILES string of the molecule is CCCN1CCC(N(C)C(=O)c2sc(-c3ncccn3)nc2C)CC1. The van der Waals surface area contributed by atoms with Crippen molar-refractivity contribution < 1.29 is 4.79 Å². The van der Waals surface area contributed by atoms with Gasteiger partial charge in [0.05, 0.1) is 5.69 Å².